The summed E-state index contributed by atoms with van der Waals surface area (Å²) >= 11 is 0. The lowest BCUT2D eigenvalue weighted by Gasteiger charge is -2.50. The van der Waals surface area contributed by atoms with E-state index in [-0.39, 0.29) is 17.5 Å². The Bertz CT molecular complexity index is 1060. The van der Waals surface area contributed by atoms with Gasteiger partial charge in [0.05, 0.1) is 18.2 Å². The first kappa shape index (κ1) is 24.8. The molecule has 1 aliphatic heterocycles. The van der Waals surface area contributed by atoms with E-state index in [2.05, 4.69) is 62.2 Å². The monoisotopic (exact) mass is 459 g/mol. The molecular formula is C26H32F3N3O. The van der Waals surface area contributed by atoms with Crippen LogP contribution in [0.15, 0.2) is 41.5 Å². The van der Waals surface area contributed by atoms with Crippen LogP contribution in [0, 0.1) is 6.92 Å². The van der Waals surface area contributed by atoms with Crippen LogP contribution in [0.1, 0.15) is 74.8 Å². The number of amides is 1. The van der Waals surface area contributed by atoms with Crippen molar-refractivity contribution in [2.24, 2.45) is 5.10 Å². The number of aryl methyl sites for hydroxylation is 1. The second-order valence-electron chi connectivity index (χ2n) is 9.82. The van der Waals surface area contributed by atoms with Crippen LogP contribution in [0.25, 0.3) is 0 Å². The first-order valence-corrected chi connectivity index (χ1v) is 11.2. The van der Waals surface area contributed by atoms with Crippen LogP contribution in [-0.2, 0) is 17.4 Å². The van der Waals surface area contributed by atoms with Crippen molar-refractivity contribution in [1.29, 1.82) is 0 Å². The number of rotatable bonds is 5. The molecule has 0 saturated heterocycles. The van der Waals surface area contributed by atoms with Gasteiger partial charge in [-0.25, -0.2) is 5.43 Å². The summed E-state index contributed by atoms with van der Waals surface area (Å²) in [6.45, 7) is 13.2. The van der Waals surface area contributed by atoms with E-state index in [1.165, 1.54) is 23.4 Å². The van der Waals surface area contributed by atoms with Crippen molar-refractivity contribution in [2.45, 2.75) is 78.1 Å². The van der Waals surface area contributed by atoms with Crippen LogP contribution < -0.4 is 10.3 Å². The van der Waals surface area contributed by atoms with E-state index in [1.54, 1.807) is 6.21 Å². The summed E-state index contributed by atoms with van der Waals surface area (Å²) in [6.07, 6.45) is -1.98. The first-order valence-electron chi connectivity index (χ1n) is 11.2. The van der Waals surface area contributed by atoms with E-state index < -0.39 is 17.6 Å². The number of anilines is 1. The molecule has 178 valence electrons. The number of alkyl halides is 3. The molecule has 0 radical (unpaired) electrons. The summed E-state index contributed by atoms with van der Waals surface area (Å²) in [4.78, 5) is 14.7. The van der Waals surface area contributed by atoms with Gasteiger partial charge in [-0.2, -0.15) is 18.3 Å². The minimum absolute atomic E-state index is 0.0556. The molecule has 0 aliphatic carbocycles. The fourth-order valence-electron chi connectivity index (χ4n) is 4.99. The Hall–Kier alpha value is -2.83. The van der Waals surface area contributed by atoms with E-state index >= 15 is 0 Å². The van der Waals surface area contributed by atoms with Gasteiger partial charge in [-0.3, -0.25) is 4.79 Å². The molecule has 0 fully saturated rings. The number of hydrogen-bond donors (Lipinski definition) is 1. The van der Waals surface area contributed by atoms with Gasteiger partial charge in [0.1, 0.15) is 0 Å². The Labute approximate surface area is 193 Å². The van der Waals surface area contributed by atoms with Gasteiger partial charge < -0.3 is 4.90 Å². The van der Waals surface area contributed by atoms with Crippen LogP contribution in [0.3, 0.4) is 0 Å². The summed E-state index contributed by atoms with van der Waals surface area (Å²) in [7, 11) is 0. The number of nitrogens with zero attached hydrogens (tertiary/aromatic N) is 2. The van der Waals surface area contributed by atoms with Crippen molar-refractivity contribution in [2.75, 3.05) is 4.90 Å². The number of fused-ring (bicyclic) bond motifs is 1. The topological polar surface area (TPSA) is 44.7 Å². The summed E-state index contributed by atoms with van der Waals surface area (Å²) < 4.78 is 38.6. The smallest absolute Gasteiger partial charge is 0.364 e. The van der Waals surface area contributed by atoms with E-state index in [9.17, 15) is 18.0 Å². The Morgan fingerprint density at radius 1 is 1.27 bits per heavy atom. The van der Waals surface area contributed by atoms with E-state index in [1.807, 2.05) is 6.92 Å². The number of nitrogens with one attached hydrogen (secondary N) is 1. The molecule has 1 amide bonds. The number of halogens is 3. The summed E-state index contributed by atoms with van der Waals surface area (Å²) in [5, 5.41) is 4.07. The lowest BCUT2D eigenvalue weighted by Crippen LogP contribution is -2.51. The quantitative estimate of drug-likeness (QED) is 0.427. The SMILES string of the molecule is Cc1cc2c(cc1/C=N/NC(=O)Cc1cccc(C(F)(F)F)c1)[C@@H](C)CC(C)(C)N2C(C)C. The predicted molar refractivity (Wildman–Crippen MR) is 127 cm³/mol. The van der Waals surface area contributed by atoms with E-state index in [4.69, 9.17) is 0 Å². The molecule has 0 bridgehead atoms. The van der Waals surface area contributed by atoms with E-state index in [0.717, 1.165) is 29.7 Å². The highest BCUT2D eigenvalue weighted by molar-refractivity contribution is 5.86. The minimum Gasteiger partial charge on any atom is -0.364 e. The Morgan fingerprint density at radius 2 is 1.97 bits per heavy atom. The predicted octanol–water partition coefficient (Wildman–Crippen LogP) is 6.21. The molecule has 0 unspecified atom stereocenters. The van der Waals surface area contributed by atoms with Crippen LogP contribution in [-0.4, -0.2) is 23.7 Å². The molecule has 4 nitrogen and oxygen atoms in total. The molecular weight excluding hydrogens is 427 g/mol. The molecule has 1 heterocycles. The molecule has 7 heteroatoms. The lowest BCUT2D eigenvalue weighted by atomic mass is 9.78. The molecule has 0 saturated carbocycles. The summed E-state index contributed by atoms with van der Waals surface area (Å²) in [5.41, 5.74) is 6.44. The number of carbonyl (C=O) groups is 1. The van der Waals surface area contributed by atoms with Crippen LogP contribution >= 0.6 is 0 Å². The standard InChI is InChI=1S/C26H32F3N3O/c1-16(2)32-23-10-17(3)20(13-22(23)18(4)14-25(32,5)6)15-30-31-24(33)12-19-8-7-9-21(11-19)26(27,28)29/h7-11,13,15-16,18H,12,14H2,1-6H3,(H,31,33)/b30-15+/t18-/m0/s1. The average molecular weight is 460 g/mol. The number of hydrogen-bond acceptors (Lipinski definition) is 3. The van der Waals surface area contributed by atoms with Crippen molar-refractivity contribution in [3.05, 3.63) is 64.2 Å². The maximum absolute atomic E-state index is 12.9. The molecule has 1 aliphatic rings. The highest BCUT2D eigenvalue weighted by atomic mass is 19.4. The zero-order valence-electron chi connectivity index (χ0n) is 20.0. The Balaban J connectivity index is 1.75. The molecule has 1 N–H and O–H groups in total. The number of hydrazone groups is 1. The highest BCUT2D eigenvalue weighted by Crippen LogP contribution is 2.45. The number of benzene rings is 2. The third-order valence-corrected chi connectivity index (χ3v) is 6.19. The maximum atomic E-state index is 12.9. The van der Waals surface area contributed by atoms with Gasteiger partial charge in [0, 0.05) is 17.3 Å². The van der Waals surface area contributed by atoms with Gasteiger partial charge in [0.2, 0.25) is 5.91 Å². The van der Waals surface area contributed by atoms with Crippen LogP contribution in [0.4, 0.5) is 18.9 Å². The van der Waals surface area contributed by atoms with Gasteiger partial charge in [-0.15, -0.1) is 0 Å². The van der Waals surface area contributed by atoms with E-state index in [0.29, 0.717) is 12.0 Å². The van der Waals surface area contributed by atoms with Gasteiger partial charge in [0.15, 0.2) is 0 Å². The van der Waals surface area contributed by atoms with Crippen LogP contribution in [0.2, 0.25) is 0 Å². The third kappa shape index (κ3) is 5.57. The van der Waals surface area contributed by atoms with Crippen LogP contribution in [0.5, 0.6) is 0 Å². The second-order valence-corrected chi connectivity index (χ2v) is 9.82. The number of carbonyl (C=O) groups excluding carboxylic acids is 1. The van der Waals surface area contributed by atoms with Gasteiger partial charge in [0.25, 0.3) is 0 Å². The second kappa shape index (κ2) is 9.20. The van der Waals surface area contributed by atoms with Gasteiger partial charge >= 0.3 is 6.18 Å². The molecule has 3 rings (SSSR count). The van der Waals surface area contributed by atoms with Crippen molar-refractivity contribution < 1.29 is 18.0 Å². The molecule has 2 aromatic carbocycles. The zero-order valence-corrected chi connectivity index (χ0v) is 20.0. The largest absolute Gasteiger partial charge is 0.416 e. The highest BCUT2D eigenvalue weighted by Gasteiger charge is 2.38. The Kier molecular flexibility index (Phi) is 6.91. The molecule has 33 heavy (non-hydrogen) atoms. The van der Waals surface area contributed by atoms with Crippen molar-refractivity contribution in [1.82, 2.24) is 5.43 Å². The molecule has 0 spiro atoms. The lowest BCUT2D eigenvalue weighted by molar-refractivity contribution is -0.137. The molecule has 1 atom stereocenters. The first-order chi connectivity index (χ1) is 15.3. The Morgan fingerprint density at radius 3 is 2.61 bits per heavy atom. The van der Waals surface area contributed by atoms with Gasteiger partial charge in [-0.05, 0) is 87.4 Å². The fourth-order valence-corrected chi connectivity index (χ4v) is 4.99. The average Bonchev–Trinajstić information content (AvgIpc) is 2.67. The van der Waals surface area contributed by atoms with Crippen molar-refractivity contribution in [3.63, 3.8) is 0 Å². The summed E-state index contributed by atoms with van der Waals surface area (Å²) in [5.74, 6) is -0.0875. The van der Waals surface area contributed by atoms with Crippen molar-refractivity contribution in [3.8, 4) is 0 Å². The van der Waals surface area contributed by atoms with Crippen molar-refractivity contribution >= 4 is 17.8 Å². The normalized spacial score (nSPS) is 18.0. The zero-order chi connectivity index (χ0) is 24.6. The fraction of sp³-hybridized carbons (Fsp3) is 0.462. The molecule has 0 aromatic heterocycles. The third-order valence-electron chi connectivity index (χ3n) is 6.19. The summed E-state index contributed by atoms with van der Waals surface area (Å²) in [6, 6.07) is 9.44. The van der Waals surface area contributed by atoms with Gasteiger partial charge in [-0.1, -0.05) is 25.1 Å². The molecule has 2 aromatic rings. The maximum Gasteiger partial charge on any atom is 0.416 e. The minimum atomic E-state index is -4.44.